The molecule has 1 heterocycles. The molecule has 0 unspecified atom stereocenters. The molecule has 0 aliphatic carbocycles. The predicted octanol–water partition coefficient (Wildman–Crippen LogP) is 2.88. The minimum absolute atomic E-state index is 0. The molecule has 2 N–H and O–H groups in total. The quantitative estimate of drug-likeness (QED) is 0.400. The number of likely N-dealkylation sites (tertiary alicyclic amines) is 1. The Labute approximate surface area is 162 Å². The average molecular weight is 448 g/mol. The third-order valence-corrected chi connectivity index (χ3v) is 4.53. The Hall–Kier alpha value is -0.890. The molecule has 0 aromatic heterocycles. The maximum absolute atomic E-state index is 12.9. The van der Waals surface area contributed by atoms with Gasteiger partial charge in [0.15, 0.2) is 5.96 Å². The lowest BCUT2D eigenvalue weighted by atomic mass is 9.94. The van der Waals surface area contributed by atoms with Crippen molar-refractivity contribution in [2.24, 2.45) is 10.9 Å². The Bertz CT molecular complexity index is 484. The summed E-state index contributed by atoms with van der Waals surface area (Å²) in [5.41, 5.74) is 1.13. The van der Waals surface area contributed by atoms with Gasteiger partial charge in [-0.25, -0.2) is 4.39 Å². The first-order chi connectivity index (χ1) is 11.2. The highest BCUT2D eigenvalue weighted by Crippen LogP contribution is 2.18. The summed E-state index contributed by atoms with van der Waals surface area (Å²) < 4.78 is 12.9. The molecule has 0 spiro atoms. The summed E-state index contributed by atoms with van der Waals surface area (Å²) in [4.78, 5) is 6.66. The minimum Gasteiger partial charge on any atom is -0.356 e. The van der Waals surface area contributed by atoms with Gasteiger partial charge in [-0.2, -0.15) is 0 Å². The molecule has 136 valence electrons. The SMILES string of the molecule is CN=C(NCCc1ccc(F)cc1)NCCC1CCN(C)CC1.I. The predicted molar refractivity (Wildman–Crippen MR) is 110 cm³/mol. The Morgan fingerprint density at radius 1 is 1.17 bits per heavy atom. The van der Waals surface area contributed by atoms with Crippen LogP contribution in [0.1, 0.15) is 24.8 Å². The van der Waals surface area contributed by atoms with Gasteiger partial charge < -0.3 is 15.5 Å². The van der Waals surface area contributed by atoms with Gasteiger partial charge in [-0.3, -0.25) is 4.99 Å². The van der Waals surface area contributed by atoms with E-state index in [2.05, 4.69) is 27.6 Å². The fourth-order valence-electron chi connectivity index (χ4n) is 2.94. The lowest BCUT2D eigenvalue weighted by Crippen LogP contribution is -2.39. The molecule has 1 aromatic carbocycles. The van der Waals surface area contributed by atoms with Crippen LogP contribution in [0.3, 0.4) is 0 Å². The van der Waals surface area contributed by atoms with E-state index in [9.17, 15) is 4.39 Å². The topological polar surface area (TPSA) is 39.7 Å². The maximum Gasteiger partial charge on any atom is 0.190 e. The van der Waals surface area contributed by atoms with Crippen molar-refractivity contribution in [1.82, 2.24) is 15.5 Å². The van der Waals surface area contributed by atoms with E-state index in [1.165, 1.54) is 44.5 Å². The Morgan fingerprint density at radius 2 is 1.79 bits per heavy atom. The minimum atomic E-state index is -0.187. The molecule has 6 heteroatoms. The summed E-state index contributed by atoms with van der Waals surface area (Å²) in [7, 11) is 3.99. The number of rotatable bonds is 6. The zero-order chi connectivity index (χ0) is 16.5. The van der Waals surface area contributed by atoms with Gasteiger partial charge in [-0.15, -0.1) is 24.0 Å². The van der Waals surface area contributed by atoms with Crippen LogP contribution in [0.2, 0.25) is 0 Å². The summed E-state index contributed by atoms with van der Waals surface area (Å²) in [5, 5.41) is 6.70. The van der Waals surface area contributed by atoms with Crippen molar-refractivity contribution in [2.45, 2.75) is 25.7 Å². The summed E-state index contributed by atoms with van der Waals surface area (Å²) in [5.74, 6) is 1.49. The first-order valence-corrected chi connectivity index (χ1v) is 8.55. The van der Waals surface area contributed by atoms with Crippen LogP contribution in [-0.4, -0.2) is 51.1 Å². The van der Waals surface area contributed by atoms with Crippen LogP contribution < -0.4 is 10.6 Å². The summed E-state index contributed by atoms with van der Waals surface area (Å²) in [6, 6.07) is 6.66. The van der Waals surface area contributed by atoms with E-state index in [1.54, 1.807) is 7.05 Å². The van der Waals surface area contributed by atoms with Gasteiger partial charge in [0.1, 0.15) is 5.82 Å². The van der Waals surface area contributed by atoms with Crippen LogP contribution in [0.4, 0.5) is 4.39 Å². The number of halogens is 2. The second-order valence-electron chi connectivity index (χ2n) is 6.34. The molecule has 1 aromatic rings. The molecule has 1 fully saturated rings. The van der Waals surface area contributed by atoms with Crippen LogP contribution in [-0.2, 0) is 6.42 Å². The van der Waals surface area contributed by atoms with Gasteiger partial charge in [-0.05, 0) is 69.4 Å². The van der Waals surface area contributed by atoms with Gasteiger partial charge in [0.05, 0.1) is 0 Å². The molecule has 1 aliphatic rings. The number of piperidine rings is 1. The van der Waals surface area contributed by atoms with E-state index in [1.807, 2.05) is 12.1 Å². The van der Waals surface area contributed by atoms with Crippen molar-refractivity contribution in [2.75, 3.05) is 40.3 Å². The normalized spacial score (nSPS) is 16.5. The lowest BCUT2D eigenvalue weighted by molar-refractivity contribution is 0.213. The average Bonchev–Trinajstić information content (AvgIpc) is 2.57. The number of guanidine groups is 1. The highest BCUT2D eigenvalue weighted by atomic mass is 127. The zero-order valence-electron chi connectivity index (χ0n) is 14.7. The van der Waals surface area contributed by atoms with E-state index in [0.717, 1.165) is 37.0 Å². The molecule has 1 aliphatic heterocycles. The molecule has 24 heavy (non-hydrogen) atoms. The molecule has 1 saturated heterocycles. The van der Waals surface area contributed by atoms with E-state index < -0.39 is 0 Å². The van der Waals surface area contributed by atoms with E-state index in [-0.39, 0.29) is 29.8 Å². The fourth-order valence-corrected chi connectivity index (χ4v) is 2.94. The molecular formula is C18H30FIN4. The second-order valence-corrected chi connectivity index (χ2v) is 6.34. The number of hydrogen-bond acceptors (Lipinski definition) is 2. The summed E-state index contributed by atoms with van der Waals surface area (Å²) in [6.45, 7) is 4.19. The van der Waals surface area contributed by atoms with Crippen LogP contribution in [0.5, 0.6) is 0 Å². The molecule has 0 atom stereocenters. The van der Waals surface area contributed by atoms with Crippen molar-refractivity contribution < 1.29 is 4.39 Å². The number of nitrogens with zero attached hydrogens (tertiary/aromatic N) is 2. The number of hydrogen-bond donors (Lipinski definition) is 2. The first kappa shape index (κ1) is 21.2. The number of benzene rings is 1. The lowest BCUT2D eigenvalue weighted by Gasteiger charge is -2.29. The Morgan fingerprint density at radius 3 is 2.42 bits per heavy atom. The van der Waals surface area contributed by atoms with Gasteiger partial charge >= 0.3 is 0 Å². The van der Waals surface area contributed by atoms with Crippen LogP contribution >= 0.6 is 24.0 Å². The maximum atomic E-state index is 12.9. The fraction of sp³-hybridized carbons (Fsp3) is 0.611. The standard InChI is InChI=1S/C18H29FN4.HI/c1-20-18(21-11-7-15-3-5-17(19)6-4-15)22-12-8-16-9-13-23(2)14-10-16;/h3-6,16H,7-14H2,1-2H3,(H2,20,21,22);1H. The number of nitrogens with one attached hydrogen (secondary N) is 2. The Kier molecular flexibility index (Phi) is 10.2. The van der Waals surface area contributed by atoms with E-state index >= 15 is 0 Å². The van der Waals surface area contributed by atoms with Crippen molar-refractivity contribution in [1.29, 1.82) is 0 Å². The van der Waals surface area contributed by atoms with Crippen LogP contribution in [0.15, 0.2) is 29.3 Å². The Balaban J connectivity index is 0.00000288. The van der Waals surface area contributed by atoms with Crippen LogP contribution in [0, 0.1) is 11.7 Å². The first-order valence-electron chi connectivity index (χ1n) is 8.55. The smallest absolute Gasteiger partial charge is 0.190 e. The van der Waals surface area contributed by atoms with Gasteiger partial charge in [0, 0.05) is 20.1 Å². The monoisotopic (exact) mass is 448 g/mol. The molecule has 0 amide bonds. The molecule has 0 radical (unpaired) electrons. The van der Waals surface area contributed by atoms with Crippen molar-refractivity contribution in [3.8, 4) is 0 Å². The van der Waals surface area contributed by atoms with Gasteiger partial charge in [0.2, 0.25) is 0 Å². The van der Waals surface area contributed by atoms with Gasteiger partial charge in [0.25, 0.3) is 0 Å². The molecule has 0 bridgehead atoms. The largest absolute Gasteiger partial charge is 0.356 e. The van der Waals surface area contributed by atoms with E-state index in [0.29, 0.717) is 0 Å². The van der Waals surface area contributed by atoms with Crippen molar-refractivity contribution >= 4 is 29.9 Å². The summed E-state index contributed by atoms with van der Waals surface area (Å²) in [6.07, 6.45) is 4.66. The molecular weight excluding hydrogens is 418 g/mol. The van der Waals surface area contributed by atoms with Crippen molar-refractivity contribution in [3.63, 3.8) is 0 Å². The van der Waals surface area contributed by atoms with E-state index in [4.69, 9.17) is 0 Å². The third-order valence-electron chi connectivity index (χ3n) is 4.53. The zero-order valence-corrected chi connectivity index (χ0v) is 17.1. The highest BCUT2D eigenvalue weighted by Gasteiger charge is 2.16. The third kappa shape index (κ3) is 7.79. The molecule has 2 rings (SSSR count). The van der Waals surface area contributed by atoms with Crippen LogP contribution in [0.25, 0.3) is 0 Å². The molecule has 4 nitrogen and oxygen atoms in total. The van der Waals surface area contributed by atoms with Gasteiger partial charge in [-0.1, -0.05) is 12.1 Å². The number of aliphatic imine (C=N–C) groups is 1. The molecule has 0 saturated carbocycles. The van der Waals surface area contributed by atoms with Crippen molar-refractivity contribution in [3.05, 3.63) is 35.6 Å². The summed E-state index contributed by atoms with van der Waals surface area (Å²) >= 11 is 0. The highest BCUT2D eigenvalue weighted by molar-refractivity contribution is 14.0. The second kappa shape index (κ2) is 11.6.